The fourth-order valence-electron chi connectivity index (χ4n) is 3.27. The van der Waals surface area contributed by atoms with Gasteiger partial charge in [-0.1, -0.05) is 12.1 Å². The van der Waals surface area contributed by atoms with Crippen LogP contribution in [0.1, 0.15) is 17.4 Å². The van der Waals surface area contributed by atoms with Gasteiger partial charge in [-0.2, -0.15) is 0 Å². The summed E-state index contributed by atoms with van der Waals surface area (Å²) in [6.07, 6.45) is 1.52. The van der Waals surface area contributed by atoms with Crippen molar-refractivity contribution in [2.45, 2.75) is 12.6 Å². The number of benzene rings is 1. The molecule has 2 aromatic rings. The number of nitrogens with one attached hydrogen (secondary N) is 2. The molecule has 0 spiro atoms. The number of anilines is 1. The van der Waals surface area contributed by atoms with Crippen LogP contribution in [-0.4, -0.2) is 63.7 Å². The predicted molar refractivity (Wildman–Crippen MR) is 109 cm³/mol. The molecule has 29 heavy (non-hydrogen) atoms. The van der Waals surface area contributed by atoms with Crippen molar-refractivity contribution in [2.24, 2.45) is 0 Å². The Bertz CT molecular complexity index is 784. The van der Waals surface area contributed by atoms with E-state index in [2.05, 4.69) is 39.8 Å². The minimum absolute atomic E-state index is 0.0306. The zero-order valence-electron chi connectivity index (χ0n) is 16.9. The minimum Gasteiger partial charge on any atom is -0.467 e. The third-order valence-corrected chi connectivity index (χ3v) is 4.95. The summed E-state index contributed by atoms with van der Waals surface area (Å²) in [5.74, 6) is -0.733. The largest absolute Gasteiger partial charge is 0.467 e. The maximum absolute atomic E-state index is 12.3. The Morgan fingerprint density at radius 1 is 1.07 bits per heavy atom. The van der Waals surface area contributed by atoms with Gasteiger partial charge in [0, 0.05) is 39.4 Å². The molecule has 0 radical (unpaired) electrons. The standard InChI is InChI=1S/C21H28N4O4/c1-24(2)17-7-5-16(6-8-17)19(25-9-12-28-13-10-25)15-23-21(27)20(26)22-14-18-4-3-11-29-18/h3-8,11,19H,9-10,12-15H2,1-2H3,(H,22,26)(H,23,27)/t19-/m1/s1. The zero-order chi connectivity index (χ0) is 20.6. The first-order valence-electron chi connectivity index (χ1n) is 9.72. The van der Waals surface area contributed by atoms with Gasteiger partial charge in [-0.25, -0.2) is 0 Å². The summed E-state index contributed by atoms with van der Waals surface area (Å²) in [5, 5.41) is 5.34. The first kappa shape index (κ1) is 20.9. The first-order chi connectivity index (χ1) is 14.0. The lowest BCUT2D eigenvalue weighted by Gasteiger charge is -2.35. The molecule has 0 bridgehead atoms. The lowest BCUT2D eigenvalue weighted by molar-refractivity contribution is -0.139. The summed E-state index contributed by atoms with van der Waals surface area (Å²) in [6, 6.07) is 11.7. The second-order valence-electron chi connectivity index (χ2n) is 7.12. The van der Waals surface area contributed by atoms with Gasteiger partial charge in [0.15, 0.2) is 0 Å². The number of amides is 2. The van der Waals surface area contributed by atoms with Crippen molar-refractivity contribution in [3.05, 3.63) is 54.0 Å². The van der Waals surface area contributed by atoms with Crippen LogP contribution in [0.2, 0.25) is 0 Å². The Kier molecular flexibility index (Phi) is 7.26. The van der Waals surface area contributed by atoms with Crippen molar-refractivity contribution in [1.29, 1.82) is 0 Å². The molecule has 1 aliphatic rings. The average molecular weight is 400 g/mol. The Hall–Kier alpha value is -2.84. The van der Waals surface area contributed by atoms with Gasteiger partial charge in [0.25, 0.3) is 0 Å². The normalized spacial score (nSPS) is 15.5. The fourth-order valence-corrected chi connectivity index (χ4v) is 3.27. The number of nitrogens with zero attached hydrogens (tertiary/aromatic N) is 2. The Balaban J connectivity index is 1.61. The van der Waals surface area contributed by atoms with Gasteiger partial charge in [0.05, 0.1) is 32.1 Å². The van der Waals surface area contributed by atoms with Crippen molar-refractivity contribution < 1.29 is 18.7 Å². The molecule has 156 valence electrons. The predicted octanol–water partition coefficient (Wildman–Crippen LogP) is 1.15. The van der Waals surface area contributed by atoms with Crippen LogP contribution in [0.3, 0.4) is 0 Å². The summed E-state index contributed by atoms with van der Waals surface area (Å²) in [5.41, 5.74) is 2.20. The van der Waals surface area contributed by atoms with E-state index in [1.807, 2.05) is 19.0 Å². The van der Waals surface area contributed by atoms with Crippen molar-refractivity contribution in [2.75, 3.05) is 51.8 Å². The van der Waals surface area contributed by atoms with E-state index < -0.39 is 11.8 Å². The molecule has 1 saturated heterocycles. The lowest BCUT2D eigenvalue weighted by Crippen LogP contribution is -2.46. The Morgan fingerprint density at radius 3 is 2.38 bits per heavy atom. The maximum atomic E-state index is 12.3. The van der Waals surface area contributed by atoms with Crippen molar-refractivity contribution >= 4 is 17.5 Å². The van der Waals surface area contributed by atoms with Gasteiger partial charge >= 0.3 is 11.8 Å². The highest BCUT2D eigenvalue weighted by Crippen LogP contribution is 2.23. The second kappa shape index (κ2) is 10.1. The molecular weight excluding hydrogens is 372 g/mol. The van der Waals surface area contributed by atoms with Crippen LogP contribution < -0.4 is 15.5 Å². The number of hydrogen-bond acceptors (Lipinski definition) is 6. The average Bonchev–Trinajstić information content (AvgIpc) is 3.27. The summed E-state index contributed by atoms with van der Waals surface area (Å²) in [7, 11) is 3.99. The van der Waals surface area contributed by atoms with E-state index in [-0.39, 0.29) is 12.6 Å². The highest BCUT2D eigenvalue weighted by atomic mass is 16.5. The maximum Gasteiger partial charge on any atom is 0.309 e. The molecule has 0 aliphatic carbocycles. The van der Waals surface area contributed by atoms with Gasteiger partial charge in [0.1, 0.15) is 5.76 Å². The molecule has 3 rings (SSSR count). The molecule has 2 N–H and O–H groups in total. The molecule has 1 fully saturated rings. The van der Waals surface area contributed by atoms with Crippen LogP contribution in [-0.2, 0) is 20.9 Å². The van der Waals surface area contributed by atoms with Gasteiger partial charge in [-0.05, 0) is 29.8 Å². The fraction of sp³-hybridized carbons (Fsp3) is 0.429. The molecule has 8 nitrogen and oxygen atoms in total. The molecule has 0 unspecified atom stereocenters. The molecule has 1 atom stereocenters. The number of carbonyl (C=O) groups is 2. The van der Waals surface area contributed by atoms with Crippen LogP contribution >= 0.6 is 0 Å². The van der Waals surface area contributed by atoms with Gasteiger partial charge in [0.2, 0.25) is 0 Å². The molecule has 1 aromatic carbocycles. The molecule has 1 aromatic heterocycles. The van der Waals surface area contributed by atoms with E-state index in [0.717, 1.165) is 24.3 Å². The van der Waals surface area contributed by atoms with Crippen molar-refractivity contribution in [3.63, 3.8) is 0 Å². The summed E-state index contributed by atoms with van der Waals surface area (Å²) < 4.78 is 10.6. The van der Waals surface area contributed by atoms with Crippen LogP contribution in [0, 0.1) is 0 Å². The van der Waals surface area contributed by atoms with E-state index in [1.54, 1.807) is 12.1 Å². The van der Waals surface area contributed by atoms with Crippen LogP contribution in [0.5, 0.6) is 0 Å². The molecule has 8 heteroatoms. The number of carbonyl (C=O) groups excluding carboxylic acids is 2. The molecule has 2 amide bonds. The Labute approximate surface area is 170 Å². The SMILES string of the molecule is CN(C)c1ccc([C@@H](CNC(=O)C(=O)NCc2ccco2)N2CCOCC2)cc1. The molecule has 2 heterocycles. The summed E-state index contributed by atoms with van der Waals surface area (Å²) in [6.45, 7) is 3.39. The van der Waals surface area contributed by atoms with E-state index in [4.69, 9.17) is 9.15 Å². The number of morpholine rings is 1. The number of furan rings is 1. The van der Waals surface area contributed by atoms with E-state index >= 15 is 0 Å². The third-order valence-electron chi connectivity index (χ3n) is 4.95. The third kappa shape index (κ3) is 5.82. The van der Waals surface area contributed by atoms with Gasteiger partial charge in [-0.3, -0.25) is 14.5 Å². The number of hydrogen-bond donors (Lipinski definition) is 2. The van der Waals surface area contributed by atoms with Crippen LogP contribution in [0.4, 0.5) is 5.69 Å². The smallest absolute Gasteiger partial charge is 0.309 e. The lowest BCUT2D eigenvalue weighted by atomic mass is 10.0. The van der Waals surface area contributed by atoms with Crippen molar-refractivity contribution in [3.8, 4) is 0 Å². The Morgan fingerprint density at radius 2 is 1.76 bits per heavy atom. The van der Waals surface area contributed by atoms with E-state index in [0.29, 0.717) is 25.5 Å². The molecule has 1 aliphatic heterocycles. The highest BCUT2D eigenvalue weighted by Gasteiger charge is 2.24. The number of ether oxygens (including phenoxy) is 1. The van der Waals surface area contributed by atoms with Crippen molar-refractivity contribution in [1.82, 2.24) is 15.5 Å². The summed E-state index contributed by atoms with van der Waals surface area (Å²) in [4.78, 5) is 28.7. The second-order valence-corrected chi connectivity index (χ2v) is 7.12. The van der Waals surface area contributed by atoms with Crippen LogP contribution in [0.25, 0.3) is 0 Å². The molecule has 0 saturated carbocycles. The first-order valence-corrected chi connectivity index (χ1v) is 9.72. The quantitative estimate of drug-likeness (QED) is 0.678. The number of rotatable bonds is 7. The van der Waals surface area contributed by atoms with E-state index in [9.17, 15) is 9.59 Å². The van der Waals surface area contributed by atoms with Crippen LogP contribution in [0.15, 0.2) is 47.1 Å². The monoisotopic (exact) mass is 400 g/mol. The topological polar surface area (TPSA) is 87.1 Å². The minimum atomic E-state index is -0.676. The van der Waals surface area contributed by atoms with Gasteiger partial charge < -0.3 is 24.7 Å². The van der Waals surface area contributed by atoms with E-state index in [1.165, 1.54) is 6.26 Å². The highest BCUT2D eigenvalue weighted by molar-refractivity contribution is 6.35. The summed E-state index contributed by atoms with van der Waals surface area (Å²) >= 11 is 0. The zero-order valence-corrected chi connectivity index (χ0v) is 16.9. The molecular formula is C21H28N4O4. The van der Waals surface area contributed by atoms with Gasteiger partial charge in [-0.15, -0.1) is 0 Å².